The van der Waals surface area contributed by atoms with Gasteiger partial charge in [-0.3, -0.25) is 0 Å². The number of carbonyl (C=O) groups is 1. The summed E-state index contributed by atoms with van der Waals surface area (Å²) in [6.45, 7) is 2.21. The van der Waals surface area contributed by atoms with E-state index >= 15 is 0 Å². The van der Waals surface area contributed by atoms with Crippen molar-refractivity contribution < 1.29 is 4.79 Å². The minimum Gasteiger partial charge on any atom is -0.334 e. The zero-order chi connectivity index (χ0) is 16.1. The van der Waals surface area contributed by atoms with Gasteiger partial charge in [0.05, 0.1) is 0 Å². The van der Waals surface area contributed by atoms with Gasteiger partial charge in [-0.05, 0) is 42.0 Å². The van der Waals surface area contributed by atoms with Crippen molar-refractivity contribution in [3.05, 3.63) is 70.2 Å². The van der Waals surface area contributed by atoms with Crippen LogP contribution >= 0.6 is 15.9 Å². The number of hydrogen-bond acceptors (Lipinski definition) is 1. The maximum atomic E-state index is 12.3. The van der Waals surface area contributed by atoms with E-state index in [0.29, 0.717) is 12.5 Å². The van der Waals surface area contributed by atoms with Crippen molar-refractivity contribution >= 4 is 22.0 Å². The van der Waals surface area contributed by atoms with Crippen molar-refractivity contribution in [3.63, 3.8) is 0 Å². The Morgan fingerprint density at radius 3 is 2.52 bits per heavy atom. The summed E-state index contributed by atoms with van der Waals surface area (Å²) in [4.78, 5) is 14.2. The van der Waals surface area contributed by atoms with Crippen molar-refractivity contribution in [1.82, 2.24) is 10.2 Å². The lowest BCUT2D eigenvalue weighted by Gasteiger charge is -2.32. The molecule has 1 aliphatic heterocycles. The molecule has 0 bridgehead atoms. The minimum atomic E-state index is 0.0384. The quantitative estimate of drug-likeness (QED) is 0.842. The van der Waals surface area contributed by atoms with E-state index in [9.17, 15) is 4.79 Å². The molecule has 1 N–H and O–H groups in total. The minimum absolute atomic E-state index is 0.0384. The molecule has 120 valence electrons. The number of urea groups is 1. The third-order valence-corrected chi connectivity index (χ3v) is 4.88. The van der Waals surface area contributed by atoms with E-state index in [1.807, 2.05) is 35.2 Å². The Hall–Kier alpha value is -1.81. The number of nitrogens with zero attached hydrogens (tertiary/aromatic N) is 1. The Labute approximate surface area is 145 Å². The Morgan fingerprint density at radius 1 is 1.09 bits per heavy atom. The summed E-state index contributed by atoms with van der Waals surface area (Å²) in [5, 5.41) is 3.02. The van der Waals surface area contributed by atoms with Crippen molar-refractivity contribution in [2.45, 2.75) is 25.3 Å². The van der Waals surface area contributed by atoms with Gasteiger partial charge in [-0.15, -0.1) is 0 Å². The number of carbonyl (C=O) groups excluding carboxylic acids is 1. The van der Waals surface area contributed by atoms with Crippen molar-refractivity contribution in [2.24, 2.45) is 0 Å². The molecule has 1 fully saturated rings. The molecule has 1 saturated heterocycles. The molecule has 1 heterocycles. The molecule has 2 aromatic carbocycles. The Morgan fingerprint density at radius 2 is 1.83 bits per heavy atom. The topological polar surface area (TPSA) is 32.3 Å². The predicted octanol–water partition coefficient (Wildman–Crippen LogP) is 4.54. The molecular weight excluding hydrogens is 352 g/mol. The molecule has 0 aliphatic carbocycles. The zero-order valence-electron chi connectivity index (χ0n) is 13.0. The normalized spacial score (nSPS) is 15.4. The highest BCUT2D eigenvalue weighted by atomic mass is 79.9. The van der Waals surface area contributed by atoms with Gasteiger partial charge in [0, 0.05) is 24.1 Å². The van der Waals surface area contributed by atoms with Crippen LogP contribution < -0.4 is 5.32 Å². The Bertz CT molecular complexity index is 651. The van der Waals surface area contributed by atoms with Gasteiger partial charge in [0.1, 0.15) is 0 Å². The maximum absolute atomic E-state index is 12.3. The number of hydrogen-bond donors (Lipinski definition) is 1. The molecule has 2 aromatic rings. The number of nitrogens with one attached hydrogen (secondary N) is 1. The second-order valence-electron chi connectivity index (χ2n) is 5.96. The van der Waals surface area contributed by atoms with Gasteiger partial charge < -0.3 is 10.2 Å². The number of likely N-dealkylation sites (tertiary alicyclic amines) is 1. The first kappa shape index (κ1) is 16.1. The number of piperidine rings is 1. The summed E-state index contributed by atoms with van der Waals surface area (Å²) < 4.78 is 1.04. The first-order valence-electron chi connectivity index (χ1n) is 8.04. The average molecular weight is 373 g/mol. The first-order valence-corrected chi connectivity index (χ1v) is 8.84. The van der Waals surface area contributed by atoms with E-state index in [0.717, 1.165) is 36.0 Å². The van der Waals surface area contributed by atoms with E-state index in [-0.39, 0.29) is 6.03 Å². The van der Waals surface area contributed by atoms with Crippen LogP contribution in [0.5, 0.6) is 0 Å². The molecule has 0 aromatic heterocycles. The number of amides is 2. The highest BCUT2D eigenvalue weighted by Gasteiger charge is 2.23. The molecule has 4 heteroatoms. The molecule has 3 rings (SSSR count). The van der Waals surface area contributed by atoms with Crippen LogP contribution in [0.15, 0.2) is 59.1 Å². The van der Waals surface area contributed by atoms with Crippen molar-refractivity contribution in [1.29, 1.82) is 0 Å². The molecule has 0 saturated carbocycles. The smallest absolute Gasteiger partial charge is 0.317 e. The van der Waals surface area contributed by atoms with Gasteiger partial charge in [0.2, 0.25) is 0 Å². The van der Waals surface area contributed by atoms with E-state index in [4.69, 9.17) is 0 Å². The number of rotatable bonds is 3. The maximum Gasteiger partial charge on any atom is 0.317 e. The van der Waals surface area contributed by atoms with E-state index in [1.54, 1.807) is 0 Å². The Balaban J connectivity index is 1.48. The SMILES string of the molecule is O=C(NCc1cccc(Br)c1)N1CCC(c2ccccc2)CC1. The molecule has 23 heavy (non-hydrogen) atoms. The molecule has 0 unspecified atom stereocenters. The van der Waals surface area contributed by atoms with Crippen LogP contribution in [-0.4, -0.2) is 24.0 Å². The second kappa shape index (κ2) is 7.64. The number of benzene rings is 2. The van der Waals surface area contributed by atoms with Gasteiger partial charge in [-0.2, -0.15) is 0 Å². The second-order valence-corrected chi connectivity index (χ2v) is 6.88. The fraction of sp³-hybridized carbons (Fsp3) is 0.316. The highest BCUT2D eigenvalue weighted by Crippen LogP contribution is 2.27. The molecule has 0 spiro atoms. The van der Waals surface area contributed by atoms with Crippen LogP contribution in [-0.2, 0) is 6.54 Å². The van der Waals surface area contributed by atoms with Gasteiger partial charge in [-0.1, -0.05) is 58.4 Å². The van der Waals surface area contributed by atoms with Crippen LogP contribution in [0, 0.1) is 0 Å². The standard InChI is InChI=1S/C19H21BrN2O/c20-18-8-4-5-15(13-18)14-21-19(23)22-11-9-17(10-12-22)16-6-2-1-3-7-16/h1-8,13,17H,9-12,14H2,(H,21,23). The summed E-state index contributed by atoms with van der Waals surface area (Å²) in [6.07, 6.45) is 2.07. The van der Waals surface area contributed by atoms with Crippen LogP contribution in [0.4, 0.5) is 4.79 Å². The first-order chi connectivity index (χ1) is 11.2. The fourth-order valence-corrected chi connectivity index (χ4v) is 3.52. The predicted molar refractivity (Wildman–Crippen MR) is 96.4 cm³/mol. The van der Waals surface area contributed by atoms with Gasteiger partial charge in [0.15, 0.2) is 0 Å². The average Bonchev–Trinajstić information content (AvgIpc) is 2.61. The summed E-state index contributed by atoms with van der Waals surface area (Å²) in [5.74, 6) is 0.574. The molecule has 2 amide bonds. The lowest BCUT2D eigenvalue weighted by molar-refractivity contribution is 0.181. The van der Waals surface area contributed by atoms with Gasteiger partial charge in [-0.25, -0.2) is 4.79 Å². The lowest BCUT2D eigenvalue weighted by Crippen LogP contribution is -2.43. The lowest BCUT2D eigenvalue weighted by atomic mass is 9.90. The summed E-state index contributed by atoms with van der Waals surface area (Å²) in [5.41, 5.74) is 2.49. The molecule has 3 nitrogen and oxygen atoms in total. The van der Waals surface area contributed by atoms with Crippen LogP contribution in [0.3, 0.4) is 0 Å². The Kier molecular flexibility index (Phi) is 5.34. The zero-order valence-corrected chi connectivity index (χ0v) is 14.6. The van der Waals surface area contributed by atoms with Crippen LogP contribution in [0.1, 0.15) is 29.9 Å². The fourth-order valence-electron chi connectivity index (χ4n) is 3.08. The third-order valence-electron chi connectivity index (χ3n) is 4.39. The summed E-state index contributed by atoms with van der Waals surface area (Å²) in [6, 6.07) is 18.7. The largest absolute Gasteiger partial charge is 0.334 e. The van der Waals surface area contributed by atoms with Crippen LogP contribution in [0.2, 0.25) is 0 Å². The molecule has 0 radical (unpaired) electrons. The van der Waals surface area contributed by atoms with E-state index < -0.39 is 0 Å². The van der Waals surface area contributed by atoms with E-state index in [2.05, 4.69) is 45.5 Å². The summed E-state index contributed by atoms with van der Waals surface area (Å²) >= 11 is 3.45. The van der Waals surface area contributed by atoms with E-state index in [1.165, 1.54) is 5.56 Å². The van der Waals surface area contributed by atoms with Crippen LogP contribution in [0.25, 0.3) is 0 Å². The monoisotopic (exact) mass is 372 g/mol. The van der Waals surface area contributed by atoms with Crippen molar-refractivity contribution in [3.8, 4) is 0 Å². The third kappa shape index (κ3) is 4.35. The molecule has 1 aliphatic rings. The van der Waals surface area contributed by atoms with Gasteiger partial charge >= 0.3 is 6.03 Å². The van der Waals surface area contributed by atoms with Gasteiger partial charge in [0.25, 0.3) is 0 Å². The highest BCUT2D eigenvalue weighted by molar-refractivity contribution is 9.10. The summed E-state index contributed by atoms with van der Waals surface area (Å²) in [7, 11) is 0. The number of halogens is 1. The van der Waals surface area contributed by atoms with Crippen molar-refractivity contribution in [2.75, 3.05) is 13.1 Å². The molecular formula is C19H21BrN2O. The molecule has 0 atom stereocenters.